The SMILES string of the molecule is N#Cc1cc(Br)ccc1NS(=O)(=O)c1ccccc1N. The summed E-state index contributed by atoms with van der Waals surface area (Å²) in [5, 5.41) is 9.03. The van der Waals surface area contributed by atoms with Crippen LogP contribution in [0.1, 0.15) is 5.56 Å². The predicted octanol–water partition coefficient (Wildman–Crippen LogP) is 2.70. The predicted molar refractivity (Wildman–Crippen MR) is 80.5 cm³/mol. The van der Waals surface area contributed by atoms with Gasteiger partial charge in [-0.3, -0.25) is 4.72 Å². The number of hydrogen-bond donors (Lipinski definition) is 2. The molecule has 0 saturated heterocycles. The lowest BCUT2D eigenvalue weighted by Crippen LogP contribution is -2.15. The van der Waals surface area contributed by atoms with Crippen LogP contribution < -0.4 is 10.5 Å². The number of para-hydroxylation sites is 1. The van der Waals surface area contributed by atoms with Crippen LogP contribution in [0.3, 0.4) is 0 Å². The molecule has 0 unspecified atom stereocenters. The van der Waals surface area contributed by atoms with E-state index in [9.17, 15) is 8.42 Å². The highest BCUT2D eigenvalue weighted by molar-refractivity contribution is 9.10. The minimum atomic E-state index is -3.83. The first kappa shape index (κ1) is 14.4. The van der Waals surface area contributed by atoms with Crippen LogP contribution in [0.15, 0.2) is 51.8 Å². The van der Waals surface area contributed by atoms with Crippen LogP contribution in [-0.2, 0) is 10.0 Å². The van der Waals surface area contributed by atoms with E-state index in [1.165, 1.54) is 24.3 Å². The Morgan fingerprint density at radius 2 is 1.90 bits per heavy atom. The standard InChI is InChI=1S/C13H10BrN3O2S/c14-10-5-6-12(9(7-10)8-15)17-20(18,19)13-4-2-1-3-11(13)16/h1-7,17H,16H2. The second kappa shape index (κ2) is 5.53. The number of nitriles is 1. The van der Waals surface area contributed by atoms with Crippen molar-refractivity contribution in [2.75, 3.05) is 10.5 Å². The zero-order valence-corrected chi connectivity index (χ0v) is 12.6. The minimum absolute atomic E-state index is 0.0215. The fourth-order valence-corrected chi connectivity index (χ4v) is 3.20. The van der Waals surface area contributed by atoms with Crippen LogP contribution in [0.5, 0.6) is 0 Å². The maximum absolute atomic E-state index is 12.3. The lowest BCUT2D eigenvalue weighted by atomic mass is 10.2. The number of anilines is 2. The van der Waals surface area contributed by atoms with Crippen molar-refractivity contribution >= 4 is 37.3 Å². The van der Waals surface area contributed by atoms with E-state index in [4.69, 9.17) is 11.0 Å². The lowest BCUT2D eigenvalue weighted by molar-refractivity contribution is 0.601. The third kappa shape index (κ3) is 2.92. The van der Waals surface area contributed by atoms with E-state index in [0.29, 0.717) is 4.47 Å². The van der Waals surface area contributed by atoms with E-state index < -0.39 is 10.0 Å². The number of benzene rings is 2. The topological polar surface area (TPSA) is 96.0 Å². The van der Waals surface area contributed by atoms with E-state index in [0.717, 1.165) is 0 Å². The van der Waals surface area contributed by atoms with Gasteiger partial charge in [0.15, 0.2) is 0 Å². The molecule has 0 aliphatic carbocycles. The van der Waals surface area contributed by atoms with Gasteiger partial charge >= 0.3 is 0 Å². The average molecular weight is 352 g/mol. The van der Waals surface area contributed by atoms with Gasteiger partial charge in [0.1, 0.15) is 11.0 Å². The van der Waals surface area contributed by atoms with Gasteiger partial charge in [0.05, 0.1) is 16.9 Å². The molecule has 7 heteroatoms. The van der Waals surface area contributed by atoms with E-state index in [1.807, 2.05) is 6.07 Å². The van der Waals surface area contributed by atoms with Crippen LogP contribution in [0.25, 0.3) is 0 Å². The van der Waals surface area contributed by atoms with Crippen molar-refractivity contribution < 1.29 is 8.42 Å². The van der Waals surface area contributed by atoms with Gasteiger partial charge in [-0.05, 0) is 30.3 Å². The van der Waals surface area contributed by atoms with Crippen molar-refractivity contribution in [2.24, 2.45) is 0 Å². The maximum atomic E-state index is 12.3. The number of nitrogens with one attached hydrogen (secondary N) is 1. The van der Waals surface area contributed by atoms with Crippen LogP contribution in [0, 0.1) is 11.3 Å². The molecule has 0 atom stereocenters. The Labute approximate surface area is 125 Å². The Balaban J connectivity index is 2.45. The van der Waals surface area contributed by atoms with E-state index >= 15 is 0 Å². The lowest BCUT2D eigenvalue weighted by Gasteiger charge is -2.11. The molecule has 0 aliphatic heterocycles. The van der Waals surface area contributed by atoms with Gasteiger partial charge in [-0.15, -0.1) is 0 Å². The fourth-order valence-electron chi connectivity index (χ4n) is 1.62. The molecule has 3 N–H and O–H groups in total. The van der Waals surface area contributed by atoms with Gasteiger partial charge in [-0.1, -0.05) is 28.1 Å². The number of sulfonamides is 1. The molecule has 2 aromatic rings. The summed E-state index contributed by atoms with van der Waals surface area (Å²) in [6, 6.07) is 12.8. The largest absolute Gasteiger partial charge is 0.398 e. The van der Waals surface area contributed by atoms with Crippen molar-refractivity contribution in [3.63, 3.8) is 0 Å². The Bertz CT molecular complexity index is 798. The molecule has 5 nitrogen and oxygen atoms in total. The average Bonchev–Trinajstić information content (AvgIpc) is 2.41. The van der Waals surface area contributed by atoms with Gasteiger partial charge in [0, 0.05) is 4.47 Å². The van der Waals surface area contributed by atoms with Gasteiger partial charge in [-0.25, -0.2) is 8.42 Å². The molecule has 0 spiro atoms. The second-order valence-corrected chi connectivity index (χ2v) is 6.51. The number of rotatable bonds is 3. The molecule has 20 heavy (non-hydrogen) atoms. The molecule has 0 aromatic heterocycles. The number of nitrogens with two attached hydrogens (primary N) is 1. The van der Waals surface area contributed by atoms with Crippen molar-refractivity contribution in [3.05, 3.63) is 52.5 Å². The number of nitrogen functional groups attached to an aromatic ring is 1. The van der Waals surface area contributed by atoms with Crippen molar-refractivity contribution in [2.45, 2.75) is 4.90 Å². The molecular formula is C13H10BrN3O2S. The summed E-state index contributed by atoms with van der Waals surface area (Å²) in [6.07, 6.45) is 0. The maximum Gasteiger partial charge on any atom is 0.263 e. The summed E-state index contributed by atoms with van der Waals surface area (Å²) in [4.78, 5) is -0.0215. The van der Waals surface area contributed by atoms with Gasteiger partial charge in [0.2, 0.25) is 0 Å². The third-order valence-electron chi connectivity index (χ3n) is 2.55. The van der Waals surface area contributed by atoms with Gasteiger partial charge < -0.3 is 5.73 Å². The monoisotopic (exact) mass is 351 g/mol. The zero-order valence-electron chi connectivity index (χ0n) is 10.2. The van der Waals surface area contributed by atoms with Crippen LogP contribution in [-0.4, -0.2) is 8.42 Å². The number of halogens is 1. The van der Waals surface area contributed by atoms with Gasteiger partial charge in [0.25, 0.3) is 10.0 Å². The Kier molecular flexibility index (Phi) is 3.97. The van der Waals surface area contributed by atoms with E-state index in [1.54, 1.807) is 18.2 Å². The first-order chi connectivity index (χ1) is 9.44. The molecule has 0 fully saturated rings. The summed E-state index contributed by atoms with van der Waals surface area (Å²) in [5.74, 6) is 0. The summed E-state index contributed by atoms with van der Waals surface area (Å²) < 4.78 is 27.6. The molecule has 0 amide bonds. The Morgan fingerprint density at radius 1 is 1.20 bits per heavy atom. The molecule has 0 radical (unpaired) electrons. The summed E-state index contributed by atoms with van der Waals surface area (Å²) >= 11 is 3.22. The molecular weight excluding hydrogens is 342 g/mol. The molecule has 0 bridgehead atoms. The fraction of sp³-hybridized carbons (Fsp3) is 0. The van der Waals surface area contributed by atoms with Crippen molar-refractivity contribution in [1.82, 2.24) is 0 Å². The smallest absolute Gasteiger partial charge is 0.263 e. The third-order valence-corrected chi connectivity index (χ3v) is 4.49. The number of nitrogens with zero attached hydrogens (tertiary/aromatic N) is 1. The summed E-state index contributed by atoms with van der Waals surface area (Å²) in [6.45, 7) is 0. The van der Waals surface area contributed by atoms with Crippen LogP contribution in [0.4, 0.5) is 11.4 Å². The highest BCUT2D eigenvalue weighted by Gasteiger charge is 2.18. The summed E-state index contributed by atoms with van der Waals surface area (Å²) in [5.41, 5.74) is 6.24. The molecule has 2 aromatic carbocycles. The van der Waals surface area contributed by atoms with E-state index in [2.05, 4.69) is 20.7 Å². The minimum Gasteiger partial charge on any atom is -0.398 e. The highest BCUT2D eigenvalue weighted by Crippen LogP contribution is 2.25. The molecule has 102 valence electrons. The molecule has 2 rings (SSSR count). The number of hydrogen-bond acceptors (Lipinski definition) is 4. The Morgan fingerprint density at radius 3 is 2.55 bits per heavy atom. The first-order valence-electron chi connectivity index (χ1n) is 5.51. The molecule has 0 saturated carbocycles. The quantitative estimate of drug-likeness (QED) is 0.830. The summed E-state index contributed by atoms with van der Waals surface area (Å²) in [7, 11) is -3.83. The Hall–Kier alpha value is -2.04. The highest BCUT2D eigenvalue weighted by atomic mass is 79.9. The van der Waals surface area contributed by atoms with Crippen LogP contribution in [0.2, 0.25) is 0 Å². The van der Waals surface area contributed by atoms with Gasteiger partial charge in [-0.2, -0.15) is 5.26 Å². The molecule has 0 heterocycles. The molecule has 0 aliphatic rings. The van der Waals surface area contributed by atoms with Crippen molar-refractivity contribution in [1.29, 1.82) is 5.26 Å². The first-order valence-corrected chi connectivity index (χ1v) is 7.78. The van der Waals surface area contributed by atoms with Crippen LogP contribution >= 0.6 is 15.9 Å². The normalized spacial score (nSPS) is 10.8. The van der Waals surface area contributed by atoms with Crippen molar-refractivity contribution in [3.8, 4) is 6.07 Å². The van der Waals surface area contributed by atoms with E-state index in [-0.39, 0.29) is 21.8 Å². The second-order valence-electron chi connectivity index (χ2n) is 3.95. The zero-order chi connectivity index (χ0) is 14.8.